The molecular formula is C23H20N4O2. The summed E-state index contributed by atoms with van der Waals surface area (Å²) in [7, 11) is 0. The average Bonchev–Trinajstić information content (AvgIpc) is 2.72. The number of amides is 1. The van der Waals surface area contributed by atoms with Gasteiger partial charge >= 0.3 is 0 Å². The SMILES string of the molecule is [C-]#[N+]c1ccc(NC(=O)[C@@](C)(O)CNc2ccc(C#N)c3ccccc23)cc1C. The number of nitriles is 1. The van der Waals surface area contributed by atoms with Crippen LogP contribution >= 0.6 is 0 Å². The van der Waals surface area contributed by atoms with E-state index in [0.29, 0.717) is 16.9 Å². The van der Waals surface area contributed by atoms with Crippen LogP contribution in [0.1, 0.15) is 18.1 Å². The second-order valence-corrected chi connectivity index (χ2v) is 7.01. The molecule has 0 radical (unpaired) electrons. The molecule has 0 saturated carbocycles. The first-order valence-corrected chi connectivity index (χ1v) is 9.03. The molecule has 0 saturated heterocycles. The second-order valence-electron chi connectivity index (χ2n) is 7.01. The van der Waals surface area contributed by atoms with E-state index in [1.54, 1.807) is 37.3 Å². The summed E-state index contributed by atoms with van der Waals surface area (Å²) in [6, 6.07) is 18.1. The van der Waals surface area contributed by atoms with Crippen molar-refractivity contribution in [2.24, 2.45) is 0 Å². The smallest absolute Gasteiger partial charge is 0.257 e. The van der Waals surface area contributed by atoms with Crippen LogP contribution in [0.4, 0.5) is 17.1 Å². The summed E-state index contributed by atoms with van der Waals surface area (Å²) in [4.78, 5) is 16.0. The summed E-state index contributed by atoms with van der Waals surface area (Å²) in [5.74, 6) is -0.557. The Morgan fingerprint density at radius 3 is 2.59 bits per heavy atom. The van der Waals surface area contributed by atoms with Crippen molar-refractivity contribution in [2.75, 3.05) is 17.2 Å². The Morgan fingerprint density at radius 1 is 1.21 bits per heavy atom. The molecule has 3 N–H and O–H groups in total. The van der Waals surface area contributed by atoms with Gasteiger partial charge in [-0.25, -0.2) is 4.85 Å². The third-order valence-corrected chi connectivity index (χ3v) is 4.73. The number of nitrogens with one attached hydrogen (secondary N) is 2. The van der Waals surface area contributed by atoms with E-state index in [4.69, 9.17) is 6.57 Å². The lowest BCUT2D eigenvalue weighted by molar-refractivity contribution is -0.131. The third-order valence-electron chi connectivity index (χ3n) is 4.73. The first-order chi connectivity index (χ1) is 13.9. The molecule has 3 rings (SSSR count). The van der Waals surface area contributed by atoms with Crippen molar-refractivity contribution < 1.29 is 9.90 Å². The van der Waals surface area contributed by atoms with Crippen LogP contribution in [-0.2, 0) is 4.79 Å². The highest BCUT2D eigenvalue weighted by Crippen LogP contribution is 2.27. The van der Waals surface area contributed by atoms with E-state index in [2.05, 4.69) is 21.5 Å². The molecule has 0 aliphatic carbocycles. The largest absolute Gasteiger partial charge is 0.381 e. The summed E-state index contributed by atoms with van der Waals surface area (Å²) >= 11 is 0. The van der Waals surface area contributed by atoms with Crippen LogP contribution in [-0.4, -0.2) is 23.2 Å². The fraction of sp³-hybridized carbons (Fsp3) is 0.174. The van der Waals surface area contributed by atoms with E-state index in [9.17, 15) is 15.2 Å². The van der Waals surface area contributed by atoms with Gasteiger partial charge in [0.2, 0.25) is 0 Å². The number of hydrogen-bond donors (Lipinski definition) is 3. The van der Waals surface area contributed by atoms with Gasteiger partial charge in [-0.15, -0.1) is 0 Å². The maximum Gasteiger partial charge on any atom is 0.257 e. The number of nitrogens with zero attached hydrogens (tertiary/aromatic N) is 2. The predicted octanol–water partition coefficient (Wildman–Crippen LogP) is 4.37. The minimum Gasteiger partial charge on any atom is -0.381 e. The van der Waals surface area contributed by atoms with Crippen molar-refractivity contribution >= 4 is 33.7 Å². The van der Waals surface area contributed by atoms with Crippen LogP contribution in [0.25, 0.3) is 15.6 Å². The van der Waals surface area contributed by atoms with Crippen molar-refractivity contribution in [1.29, 1.82) is 5.26 Å². The molecule has 0 heterocycles. The summed E-state index contributed by atoms with van der Waals surface area (Å²) in [5.41, 5.74) is 1.40. The Morgan fingerprint density at radius 2 is 1.93 bits per heavy atom. The Hall–Kier alpha value is -3.87. The van der Waals surface area contributed by atoms with Crippen LogP contribution in [0.2, 0.25) is 0 Å². The Balaban J connectivity index is 1.75. The molecular weight excluding hydrogens is 364 g/mol. The van der Waals surface area contributed by atoms with E-state index in [1.807, 2.05) is 24.3 Å². The molecule has 6 nitrogen and oxygen atoms in total. The minimum absolute atomic E-state index is 0.0200. The molecule has 0 aliphatic heterocycles. The molecule has 0 aliphatic rings. The van der Waals surface area contributed by atoms with Crippen LogP contribution in [0, 0.1) is 24.8 Å². The average molecular weight is 384 g/mol. The van der Waals surface area contributed by atoms with E-state index in [1.165, 1.54) is 6.92 Å². The Labute approximate surface area is 169 Å². The van der Waals surface area contributed by atoms with Gasteiger partial charge in [-0.1, -0.05) is 30.3 Å². The predicted molar refractivity (Wildman–Crippen MR) is 114 cm³/mol. The molecule has 0 spiro atoms. The lowest BCUT2D eigenvalue weighted by Crippen LogP contribution is -2.45. The highest BCUT2D eigenvalue weighted by atomic mass is 16.3. The van der Waals surface area contributed by atoms with Gasteiger partial charge in [0.25, 0.3) is 5.91 Å². The number of carbonyl (C=O) groups excluding carboxylic acids is 1. The molecule has 1 amide bonds. The lowest BCUT2D eigenvalue weighted by atomic mass is 10.0. The van der Waals surface area contributed by atoms with Crippen molar-refractivity contribution in [1.82, 2.24) is 0 Å². The topological polar surface area (TPSA) is 89.5 Å². The van der Waals surface area contributed by atoms with Gasteiger partial charge in [-0.3, -0.25) is 4.79 Å². The Bertz CT molecular complexity index is 1170. The molecule has 3 aromatic rings. The molecule has 1 atom stereocenters. The number of carbonyl (C=O) groups is 1. The van der Waals surface area contributed by atoms with Gasteiger partial charge in [0.1, 0.15) is 0 Å². The van der Waals surface area contributed by atoms with Crippen LogP contribution in [0.5, 0.6) is 0 Å². The van der Waals surface area contributed by atoms with E-state index >= 15 is 0 Å². The zero-order valence-electron chi connectivity index (χ0n) is 16.2. The minimum atomic E-state index is -1.68. The molecule has 3 aromatic carbocycles. The summed E-state index contributed by atoms with van der Waals surface area (Å²) in [6.45, 7) is 10.3. The summed E-state index contributed by atoms with van der Waals surface area (Å²) in [6.07, 6.45) is 0. The standard InChI is InChI=1S/C23H20N4O2/c1-15-12-17(9-11-20(15)25-3)27-22(28)23(2,29)14-26-21-10-8-16(13-24)18-6-4-5-7-19(18)21/h4-12,26,29H,14H2,1-2H3,(H,27,28)/t23-/m0/s1. The first-order valence-electron chi connectivity index (χ1n) is 9.03. The monoisotopic (exact) mass is 384 g/mol. The quantitative estimate of drug-likeness (QED) is 0.570. The zero-order valence-corrected chi connectivity index (χ0v) is 16.2. The third kappa shape index (κ3) is 4.19. The maximum atomic E-state index is 12.6. The highest BCUT2D eigenvalue weighted by molar-refractivity contribution is 5.99. The van der Waals surface area contributed by atoms with Crippen molar-refractivity contribution in [3.63, 3.8) is 0 Å². The summed E-state index contributed by atoms with van der Waals surface area (Å²) in [5, 5.41) is 27.4. The van der Waals surface area contributed by atoms with Gasteiger partial charge in [0.05, 0.1) is 24.7 Å². The maximum absolute atomic E-state index is 12.6. The molecule has 0 unspecified atom stereocenters. The van der Waals surface area contributed by atoms with Crippen molar-refractivity contribution in [3.8, 4) is 6.07 Å². The van der Waals surface area contributed by atoms with Crippen LogP contribution < -0.4 is 10.6 Å². The number of benzene rings is 3. The number of anilines is 2. The van der Waals surface area contributed by atoms with E-state index < -0.39 is 11.5 Å². The number of aliphatic hydroxyl groups is 1. The molecule has 0 fully saturated rings. The second kappa shape index (κ2) is 8.02. The molecule has 0 bridgehead atoms. The number of fused-ring (bicyclic) bond motifs is 1. The fourth-order valence-corrected chi connectivity index (χ4v) is 3.02. The number of hydrogen-bond acceptors (Lipinski definition) is 4. The number of aryl methyl sites for hydroxylation is 1. The molecule has 144 valence electrons. The first kappa shape index (κ1) is 19.9. The van der Waals surface area contributed by atoms with Crippen LogP contribution in [0.15, 0.2) is 54.6 Å². The van der Waals surface area contributed by atoms with E-state index in [-0.39, 0.29) is 6.54 Å². The van der Waals surface area contributed by atoms with Gasteiger partial charge in [-0.2, -0.15) is 5.26 Å². The number of rotatable bonds is 5. The van der Waals surface area contributed by atoms with E-state index in [0.717, 1.165) is 22.0 Å². The zero-order chi connectivity index (χ0) is 21.0. The molecule has 0 aromatic heterocycles. The van der Waals surface area contributed by atoms with Gasteiger partial charge in [0, 0.05) is 22.1 Å². The van der Waals surface area contributed by atoms with Gasteiger partial charge < -0.3 is 15.7 Å². The normalized spacial score (nSPS) is 12.4. The summed E-state index contributed by atoms with van der Waals surface area (Å²) < 4.78 is 0. The van der Waals surface area contributed by atoms with Crippen molar-refractivity contribution in [3.05, 3.63) is 77.1 Å². The van der Waals surface area contributed by atoms with Gasteiger partial charge in [0.15, 0.2) is 11.3 Å². The fourth-order valence-electron chi connectivity index (χ4n) is 3.02. The molecule has 6 heteroatoms. The lowest BCUT2D eigenvalue weighted by Gasteiger charge is -2.24. The molecule has 29 heavy (non-hydrogen) atoms. The van der Waals surface area contributed by atoms with Gasteiger partial charge in [-0.05, 0) is 43.7 Å². The highest BCUT2D eigenvalue weighted by Gasteiger charge is 2.30. The van der Waals surface area contributed by atoms with Crippen LogP contribution in [0.3, 0.4) is 0 Å². The van der Waals surface area contributed by atoms with Crippen molar-refractivity contribution in [2.45, 2.75) is 19.4 Å². The Kier molecular flexibility index (Phi) is 5.50.